The minimum Gasteiger partial charge on any atom is -0.379 e. The number of aromatic nitrogens is 4. The maximum atomic E-state index is 14.5. The number of hydrogen-bond donors (Lipinski definition) is 1. The van der Waals surface area contributed by atoms with Crippen LogP contribution in [0.3, 0.4) is 0 Å². The Balaban J connectivity index is 1.39. The van der Waals surface area contributed by atoms with Crippen LogP contribution in [-0.4, -0.2) is 62.9 Å². The number of nitrogens with zero attached hydrogens (tertiary/aromatic N) is 7. The van der Waals surface area contributed by atoms with Crippen LogP contribution < -0.4 is 10.2 Å². The van der Waals surface area contributed by atoms with E-state index in [1.165, 1.54) is 11.0 Å². The largest absolute Gasteiger partial charge is 0.416 e. The van der Waals surface area contributed by atoms with Gasteiger partial charge in [0.05, 0.1) is 37.8 Å². The average Bonchev–Trinajstić information content (AvgIpc) is 3.55. The molecule has 3 aromatic rings. The number of carbonyl (C=O) groups is 1. The van der Waals surface area contributed by atoms with Crippen LogP contribution >= 0.6 is 0 Å². The van der Waals surface area contributed by atoms with Gasteiger partial charge in [0, 0.05) is 43.6 Å². The first-order valence-corrected chi connectivity index (χ1v) is 15.8. The Bertz CT molecular complexity index is 1640. The first-order valence-electron chi connectivity index (χ1n) is 15.8. The minimum absolute atomic E-state index is 0.0355. The van der Waals surface area contributed by atoms with Crippen molar-refractivity contribution in [2.75, 3.05) is 36.5 Å². The summed E-state index contributed by atoms with van der Waals surface area (Å²) in [5.74, 6) is 1.40. The molecule has 5 heterocycles. The molecule has 6 rings (SSSR count). The van der Waals surface area contributed by atoms with E-state index in [1.807, 2.05) is 24.6 Å². The Morgan fingerprint density at radius 3 is 2.67 bits per heavy atom. The molecule has 1 N–H and O–H groups in total. The van der Waals surface area contributed by atoms with Gasteiger partial charge in [-0.2, -0.15) is 18.4 Å². The lowest BCUT2D eigenvalue weighted by molar-refractivity contribution is -0.138. The fraction of sp³-hybridized carbons (Fsp3) is 0.545. The SMILES string of the molecule is CCC(CC#N)Nc1cc(C2(Cc3nncn3C)COC2)cc(N2Cc3c(cc(CN4CCC[C@H](C)C4)cc3C(F)(F)F)C2=O)n1. The van der Waals surface area contributed by atoms with E-state index in [-0.39, 0.29) is 36.0 Å². The first-order chi connectivity index (χ1) is 22.0. The van der Waals surface area contributed by atoms with Crippen LogP contribution in [0, 0.1) is 17.2 Å². The summed E-state index contributed by atoms with van der Waals surface area (Å²) < 4.78 is 51.0. The summed E-state index contributed by atoms with van der Waals surface area (Å²) in [4.78, 5) is 22.2. The molecule has 3 aliphatic rings. The summed E-state index contributed by atoms with van der Waals surface area (Å²) in [7, 11) is 1.86. The van der Waals surface area contributed by atoms with Gasteiger partial charge in [-0.3, -0.25) is 14.6 Å². The van der Waals surface area contributed by atoms with E-state index in [0.29, 0.717) is 49.9 Å². The van der Waals surface area contributed by atoms with Crippen molar-refractivity contribution in [3.05, 3.63) is 64.2 Å². The van der Waals surface area contributed by atoms with Gasteiger partial charge in [-0.25, -0.2) is 4.98 Å². The van der Waals surface area contributed by atoms with E-state index in [2.05, 4.69) is 33.4 Å². The number of alkyl halides is 3. The second-order valence-electron chi connectivity index (χ2n) is 13.1. The number of aryl methyl sites for hydroxylation is 1. The Kier molecular flexibility index (Phi) is 8.78. The molecule has 10 nitrogen and oxygen atoms in total. The predicted octanol–water partition coefficient (Wildman–Crippen LogP) is 5.24. The number of anilines is 2. The number of piperidine rings is 1. The number of hydrogen-bond acceptors (Lipinski definition) is 8. The predicted molar refractivity (Wildman–Crippen MR) is 165 cm³/mol. The van der Waals surface area contributed by atoms with Crippen LogP contribution in [-0.2, 0) is 42.9 Å². The molecule has 0 spiro atoms. The van der Waals surface area contributed by atoms with Crippen molar-refractivity contribution in [3.8, 4) is 6.07 Å². The van der Waals surface area contributed by atoms with E-state index in [1.54, 1.807) is 18.5 Å². The van der Waals surface area contributed by atoms with Crippen molar-refractivity contribution < 1.29 is 22.7 Å². The number of nitriles is 1. The molecule has 2 saturated heterocycles. The fourth-order valence-electron chi connectivity index (χ4n) is 6.83. The molecule has 1 amide bonds. The Labute approximate surface area is 266 Å². The number of halogens is 3. The number of carbonyl (C=O) groups excluding carboxylic acids is 1. The van der Waals surface area contributed by atoms with Crippen molar-refractivity contribution in [2.24, 2.45) is 13.0 Å². The highest BCUT2D eigenvalue weighted by atomic mass is 19.4. The zero-order chi connectivity index (χ0) is 32.6. The lowest BCUT2D eigenvalue weighted by Gasteiger charge is -2.42. The molecule has 3 aliphatic heterocycles. The summed E-state index contributed by atoms with van der Waals surface area (Å²) in [6, 6.07) is 8.49. The summed E-state index contributed by atoms with van der Waals surface area (Å²) in [6.07, 6.45) is 0.511. The van der Waals surface area contributed by atoms with Gasteiger partial charge in [0.25, 0.3) is 5.91 Å². The first kappa shape index (κ1) is 31.9. The molecule has 0 radical (unpaired) electrons. The number of benzene rings is 1. The van der Waals surface area contributed by atoms with Gasteiger partial charge >= 0.3 is 6.18 Å². The van der Waals surface area contributed by atoms with Crippen LogP contribution in [0.5, 0.6) is 0 Å². The molecule has 2 fully saturated rings. The minimum atomic E-state index is -4.62. The van der Waals surface area contributed by atoms with Crippen LogP contribution in [0.4, 0.5) is 24.8 Å². The van der Waals surface area contributed by atoms with E-state index in [9.17, 15) is 23.2 Å². The van der Waals surface area contributed by atoms with Crippen molar-refractivity contribution in [1.29, 1.82) is 5.26 Å². The molecular weight excluding hydrogens is 597 g/mol. The van der Waals surface area contributed by atoms with Gasteiger partial charge in [0.1, 0.15) is 23.8 Å². The van der Waals surface area contributed by atoms with E-state index >= 15 is 0 Å². The van der Waals surface area contributed by atoms with Gasteiger partial charge < -0.3 is 14.6 Å². The third-order valence-corrected chi connectivity index (χ3v) is 9.50. The third-order valence-electron chi connectivity index (χ3n) is 9.50. The topological polar surface area (TPSA) is 112 Å². The maximum absolute atomic E-state index is 14.5. The van der Waals surface area contributed by atoms with Gasteiger partial charge in [0.15, 0.2) is 0 Å². The number of fused-ring (bicyclic) bond motifs is 1. The molecule has 46 heavy (non-hydrogen) atoms. The van der Waals surface area contributed by atoms with Crippen LogP contribution in [0.15, 0.2) is 30.6 Å². The van der Waals surface area contributed by atoms with Crippen molar-refractivity contribution >= 4 is 17.5 Å². The molecular formula is C33H39F3N8O2. The average molecular weight is 637 g/mol. The zero-order valence-electron chi connectivity index (χ0n) is 26.4. The fourth-order valence-corrected chi connectivity index (χ4v) is 6.83. The molecule has 244 valence electrons. The number of rotatable bonds is 10. The second kappa shape index (κ2) is 12.6. The highest BCUT2D eigenvalue weighted by molar-refractivity contribution is 6.10. The van der Waals surface area contributed by atoms with E-state index < -0.39 is 23.1 Å². The summed E-state index contributed by atoms with van der Waals surface area (Å²) in [5, 5.41) is 20.9. The monoisotopic (exact) mass is 636 g/mol. The Morgan fingerprint density at radius 2 is 2.04 bits per heavy atom. The second-order valence-corrected chi connectivity index (χ2v) is 13.1. The number of likely N-dealkylation sites (tertiary alicyclic amines) is 1. The number of pyridine rings is 1. The van der Waals surface area contributed by atoms with Gasteiger partial charge in [-0.05, 0) is 72.7 Å². The standard InChI is InChI=1S/C33H39F3N8O2/c1-4-24(7-8-37)39-28-12-23(32(18-46-19-32)14-30-41-38-20-42(30)3)13-29(40-28)44-17-26-25(31(44)45)10-22(11-27(26)33(34,35)36)16-43-9-5-6-21(2)15-43/h10-13,20-21,24H,4-7,9,14-19H2,1-3H3,(H,39,40)/t21-,24?/m0/s1. The van der Waals surface area contributed by atoms with Gasteiger partial charge in [-0.15, -0.1) is 10.2 Å². The quantitative estimate of drug-likeness (QED) is 0.322. The van der Waals surface area contributed by atoms with Crippen molar-refractivity contribution in [3.63, 3.8) is 0 Å². The third kappa shape index (κ3) is 6.33. The molecule has 2 atom stereocenters. The normalized spacial score (nSPS) is 20.2. The smallest absolute Gasteiger partial charge is 0.379 e. The van der Waals surface area contributed by atoms with E-state index in [0.717, 1.165) is 37.3 Å². The number of nitrogens with one attached hydrogen (secondary N) is 1. The lowest BCUT2D eigenvalue weighted by Crippen LogP contribution is -2.49. The van der Waals surface area contributed by atoms with Crippen LogP contribution in [0.1, 0.15) is 78.0 Å². The molecule has 0 saturated carbocycles. The van der Waals surface area contributed by atoms with Crippen molar-refractivity contribution in [1.82, 2.24) is 24.6 Å². The summed E-state index contributed by atoms with van der Waals surface area (Å²) in [6.45, 7) is 6.63. The molecule has 0 aliphatic carbocycles. The number of ether oxygens (including phenoxy) is 1. The van der Waals surface area contributed by atoms with Gasteiger partial charge in [-0.1, -0.05) is 13.8 Å². The Morgan fingerprint density at radius 1 is 1.24 bits per heavy atom. The van der Waals surface area contributed by atoms with Crippen LogP contribution in [0.25, 0.3) is 0 Å². The van der Waals surface area contributed by atoms with E-state index in [4.69, 9.17) is 9.72 Å². The summed E-state index contributed by atoms with van der Waals surface area (Å²) in [5.41, 5.74) is 0.0514. The maximum Gasteiger partial charge on any atom is 0.416 e. The molecule has 1 aromatic carbocycles. The lowest BCUT2D eigenvalue weighted by atomic mass is 9.75. The Hall–Kier alpha value is -4.02. The highest BCUT2D eigenvalue weighted by Gasteiger charge is 2.44. The van der Waals surface area contributed by atoms with Crippen molar-refractivity contribution in [2.45, 2.75) is 76.7 Å². The zero-order valence-corrected chi connectivity index (χ0v) is 26.4. The van der Waals surface area contributed by atoms with Crippen LogP contribution in [0.2, 0.25) is 0 Å². The number of amides is 1. The molecule has 13 heteroatoms. The molecule has 2 aromatic heterocycles. The van der Waals surface area contributed by atoms with Gasteiger partial charge in [0.2, 0.25) is 0 Å². The highest BCUT2D eigenvalue weighted by Crippen LogP contribution is 2.42. The summed E-state index contributed by atoms with van der Waals surface area (Å²) >= 11 is 0. The molecule has 1 unspecified atom stereocenters. The molecule has 0 bridgehead atoms.